The van der Waals surface area contributed by atoms with Gasteiger partial charge in [-0.15, -0.1) is 0 Å². The van der Waals surface area contributed by atoms with E-state index < -0.39 is 0 Å². The fourth-order valence-corrected chi connectivity index (χ4v) is 1.97. The van der Waals surface area contributed by atoms with E-state index in [0.29, 0.717) is 5.25 Å². The van der Waals surface area contributed by atoms with Gasteiger partial charge < -0.3 is 5.32 Å². The summed E-state index contributed by atoms with van der Waals surface area (Å²) in [7, 11) is 0. The zero-order valence-electron chi connectivity index (χ0n) is 9.92. The van der Waals surface area contributed by atoms with Gasteiger partial charge in [0.05, 0.1) is 0 Å². The van der Waals surface area contributed by atoms with Gasteiger partial charge in [-0.1, -0.05) is 32.9 Å². The minimum absolute atomic E-state index is 0.711. The monoisotopic (exact) mass is 223 g/mol. The third-order valence-corrected chi connectivity index (χ3v) is 3.28. The molecule has 1 aromatic rings. The molecular weight excluding hydrogens is 202 g/mol. The maximum Gasteiger partial charge on any atom is 0.0340 e. The molecule has 1 rings (SSSR count). The number of hydrogen-bond donors (Lipinski definition) is 1. The molecule has 0 aliphatic carbocycles. The Kier molecular flexibility index (Phi) is 5.62. The van der Waals surface area contributed by atoms with Gasteiger partial charge >= 0.3 is 0 Å². The van der Waals surface area contributed by atoms with Crippen LogP contribution < -0.4 is 5.32 Å². The third-order valence-electron chi connectivity index (χ3n) is 2.12. The summed E-state index contributed by atoms with van der Waals surface area (Å²) in [6.45, 7) is 7.71. The predicted octanol–water partition coefficient (Wildman–Crippen LogP) is 4.15. The van der Waals surface area contributed by atoms with E-state index in [1.165, 1.54) is 17.7 Å². The summed E-state index contributed by atoms with van der Waals surface area (Å²) in [4.78, 5) is 0. The topological polar surface area (TPSA) is 12.0 Å². The SMILES string of the molecule is CCCNc1ccc(CSC(C)C)cc1. The molecule has 0 amide bonds. The highest BCUT2D eigenvalue weighted by atomic mass is 32.2. The van der Waals surface area contributed by atoms with Crippen LogP contribution in [0, 0.1) is 0 Å². The van der Waals surface area contributed by atoms with Gasteiger partial charge in [0, 0.05) is 18.0 Å². The molecule has 2 heteroatoms. The van der Waals surface area contributed by atoms with Crippen molar-refractivity contribution in [3.05, 3.63) is 29.8 Å². The molecule has 15 heavy (non-hydrogen) atoms. The van der Waals surface area contributed by atoms with Crippen molar-refractivity contribution in [2.75, 3.05) is 11.9 Å². The van der Waals surface area contributed by atoms with E-state index in [2.05, 4.69) is 50.4 Å². The van der Waals surface area contributed by atoms with Crippen LogP contribution >= 0.6 is 11.8 Å². The van der Waals surface area contributed by atoms with Crippen LogP contribution in [0.3, 0.4) is 0 Å². The molecule has 0 heterocycles. The molecule has 0 aliphatic heterocycles. The van der Waals surface area contributed by atoms with Crippen molar-refractivity contribution in [1.29, 1.82) is 0 Å². The van der Waals surface area contributed by atoms with E-state index in [4.69, 9.17) is 0 Å². The smallest absolute Gasteiger partial charge is 0.0340 e. The molecule has 0 spiro atoms. The van der Waals surface area contributed by atoms with Gasteiger partial charge in [0.1, 0.15) is 0 Å². The molecule has 0 unspecified atom stereocenters. The molecular formula is C13H21NS. The standard InChI is InChI=1S/C13H21NS/c1-4-9-14-13-7-5-12(6-8-13)10-15-11(2)3/h5-8,11,14H,4,9-10H2,1-3H3. The Morgan fingerprint density at radius 2 is 1.87 bits per heavy atom. The van der Waals surface area contributed by atoms with E-state index in [1.54, 1.807) is 0 Å². The summed E-state index contributed by atoms with van der Waals surface area (Å²) in [5.41, 5.74) is 2.64. The fraction of sp³-hybridized carbons (Fsp3) is 0.538. The second-order valence-electron chi connectivity index (χ2n) is 3.98. The van der Waals surface area contributed by atoms with Gasteiger partial charge in [0.2, 0.25) is 0 Å². The lowest BCUT2D eigenvalue weighted by Crippen LogP contribution is -1.99. The molecule has 84 valence electrons. The van der Waals surface area contributed by atoms with Crippen molar-refractivity contribution in [1.82, 2.24) is 0 Å². The quantitative estimate of drug-likeness (QED) is 0.777. The van der Waals surface area contributed by atoms with Gasteiger partial charge in [-0.25, -0.2) is 0 Å². The summed E-state index contributed by atoms with van der Waals surface area (Å²) in [6, 6.07) is 8.78. The van der Waals surface area contributed by atoms with Crippen molar-refractivity contribution in [2.45, 2.75) is 38.2 Å². The van der Waals surface area contributed by atoms with Gasteiger partial charge in [-0.2, -0.15) is 11.8 Å². The largest absolute Gasteiger partial charge is 0.385 e. The molecule has 0 saturated heterocycles. The van der Waals surface area contributed by atoms with Gasteiger partial charge in [0.25, 0.3) is 0 Å². The maximum absolute atomic E-state index is 3.38. The highest BCUT2D eigenvalue weighted by Gasteiger charge is 1.97. The number of benzene rings is 1. The Hall–Kier alpha value is -0.630. The number of anilines is 1. The first kappa shape index (κ1) is 12.4. The van der Waals surface area contributed by atoms with E-state index >= 15 is 0 Å². The summed E-state index contributed by atoms with van der Waals surface area (Å²) in [6.07, 6.45) is 1.17. The lowest BCUT2D eigenvalue weighted by molar-refractivity contribution is 0.979. The van der Waals surface area contributed by atoms with Crippen LogP contribution in [0.4, 0.5) is 5.69 Å². The molecule has 0 saturated carbocycles. The van der Waals surface area contributed by atoms with Crippen molar-refractivity contribution in [3.63, 3.8) is 0 Å². The minimum atomic E-state index is 0.711. The summed E-state index contributed by atoms with van der Waals surface area (Å²) in [5, 5.41) is 4.09. The lowest BCUT2D eigenvalue weighted by Gasteiger charge is -2.07. The van der Waals surface area contributed by atoms with Crippen molar-refractivity contribution >= 4 is 17.4 Å². The molecule has 0 atom stereocenters. The Morgan fingerprint density at radius 3 is 2.40 bits per heavy atom. The molecule has 0 aliphatic rings. The zero-order chi connectivity index (χ0) is 11.1. The summed E-state index contributed by atoms with van der Waals surface area (Å²) < 4.78 is 0. The van der Waals surface area contributed by atoms with Crippen molar-refractivity contribution < 1.29 is 0 Å². The Bertz CT molecular complexity index is 266. The number of rotatable bonds is 6. The van der Waals surface area contributed by atoms with Crippen molar-refractivity contribution in [3.8, 4) is 0 Å². The average Bonchev–Trinajstić information content (AvgIpc) is 2.25. The highest BCUT2D eigenvalue weighted by Crippen LogP contribution is 2.18. The number of nitrogens with one attached hydrogen (secondary N) is 1. The zero-order valence-corrected chi connectivity index (χ0v) is 10.7. The first-order valence-electron chi connectivity index (χ1n) is 5.66. The predicted molar refractivity (Wildman–Crippen MR) is 71.7 cm³/mol. The first-order valence-corrected chi connectivity index (χ1v) is 6.71. The van der Waals surface area contributed by atoms with Crippen LogP contribution in [0.2, 0.25) is 0 Å². The molecule has 1 nitrogen and oxygen atoms in total. The van der Waals surface area contributed by atoms with Crippen LogP contribution in [0.25, 0.3) is 0 Å². The maximum atomic E-state index is 3.38. The van der Waals surface area contributed by atoms with E-state index in [0.717, 1.165) is 12.3 Å². The molecule has 0 fully saturated rings. The third kappa shape index (κ3) is 5.12. The van der Waals surface area contributed by atoms with Crippen LogP contribution in [0.5, 0.6) is 0 Å². The van der Waals surface area contributed by atoms with Gasteiger partial charge in [0.15, 0.2) is 0 Å². The summed E-state index contributed by atoms with van der Waals surface area (Å²) in [5.74, 6) is 1.12. The molecule has 1 aromatic carbocycles. The number of hydrogen-bond acceptors (Lipinski definition) is 2. The second-order valence-corrected chi connectivity index (χ2v) is 5.55. The average molecular weight is 223 g/mol. The molecule has 1 N–H and O–H groups in total. The first-order chi connectivity index (χ1) is 7.22. The molecule has 0 radical (unpaired) electrons. The minimum Gasteiger partial charge on any atom is -0.385 e. The normalized spacial score (nSPS) is 10.7. The van der Waals surface area contributed by atoms with Gasteiger partial charge in [-0.3, -0.25) is 0 Å². The fourth-order valence-electron chi connectivity index (χ4n) is 1.25. The molecule has 0 aromatic heterocycles. The van der Waals surface area contributed by atoms with E-state index in [9.17, 15) is 0 Å². The van der Waals surface area contributed by atoms with Crippen molar-refractivity contribution in [2.24, 2.45) is 0 Å². The summed E-state index contributed by atoms with van der Waals surface area (Å²) >= 11 is 1.99. The van der Waals surface area contributed by atoms with Crippen LogP contribution in [-0.2, 0) is 5.75 Å². The Morgan fingerprint density at radius 1 is 1.20 bits per heavy atom. The van der Waals surface area contributed by atoms with Gasteiger partial charge in [-0.05, 0) is 29.4 Å². The van der Waals surface area contributed by atoms with E-state index in [1.807, 2.05) is 11.8 Å². The van der Waals surface area contributed by atoms with Crippen LogP contribution in [0.15, 0.2) is 24.3 Å². The second kappa shape index (κ2) is 6.78. The lowest BCUT2D eigenvalue weighted by atomic mass is 10.2. The molecule has 0 bridgehead atoms. The van der Waals surface area contributed by atoms with E-state index in [-0.39, 0.29) is 0 Å². The van der Waals surface area contributed by atoms with Crippen LogP contribution in [-0.4, -0.2) is 11.8 Å². The van der Waals surface area contributed by atoms with Crippen LogP contribution in [0.1, 0.15) is 32.8 Å². The Labute approximate surface area is 97.7 Å². The highest BCUT2D eigenvalue weighted by molar-refractivity contribution is 7.99. The number of thioether (sulfide) groups is 1. The Balaban J connectivity index is 2.41.